The van der Waals surface area contributed by atoms with E-state index in [4.69, 9.17) is 14.9 Å². The van der Waals surface area contributed by atoms with Gasteiger partial charge < -0.3 is 9.47 Å². The fraction of sp³-hybridized carbons (Fsp3) is 0.273. The van der Waals surface area contributed by atoms with E-state index in [-0.39, 0.29) is 5.56 Å². The third kappa shape index (κ3) is 2.18. The summed E-state index contributed by atoms with van der Waals surface area (Å²) in [4.78, 5) is 0. The molecule has 4 atom stereocenters. The molecule has 6 nitrogen and oxygen atoms in total. The Hall–Kier alpha value is -3.73. The van der Waals surface area contributed by atoms with Crippen molar-refractivity contribution >= 4 is 5.90 Å². The molecule has 29 heavy (non-hydrogen) atoms. The van der Waals surface area contributed by atoms with Crippen LogP contribution in [0.5, 0.6) is 0 Å². The van der Waals surface area contributed by atoms with E-state index in [1.165, 1.54) is 18.2 Å². The number of nitrogens with zero attached hydrogens (tertiary/aromatic N) is 3. The molecule has 1 N–H and O–H groups in total. The number of ether oxygens (including phenoxy) is 2. The van der Waals surface area contributed by atoms with E-state index >= 15 is 0 Å². The molecule has 142 valence electrons. The van der Waals surface area contributed by atoms with Crippen LogP contribution in [0.4, 0.5) is 4.39 Å². The van der Waals surface area contributed by atoms with Gasteiger partial charge in [-0.25, -0.2) is 4.39 Å². The lowest BCUT2D eigenvalue weighted by molar-refractivity contribution is -0.253. The fourth-order valence-electron chi connectivity index (χ4n) is 4.60. The first-order chi connectivity index (χ1) is 13.9. The van der Waals surface area contributed by atoms with Crippen molar-refractivity contribution in [3.63, 3.8) is 0 Å². The molecule has 0 unspecified atom stereocenters. The minimum Gasteiger partial charge on any atom is -0.447 e. The van der Waals surface area contributed by atoms with Crippen molar-refractivity contribution in [2.75, 3.05) is 0 Å². The van der Waals surface area contributed by atoms with Crippen LogP contribution in [0.2, 0.25) is 0 Å². The molecule has 2 aromatic rings. The minimum absolute atomic E-state index is 0.226. The van der Waals surface area contributed by atoms with Crippen molar-refractivity contribution in [2.45, 2.75) is 24.7 Å². The molecular weight excluding hydrogens is 371 g/mol. The molecule has 0 spiro atoms. The summed E-state index contributed by atoms with van der Waals surface area (Å²) in [5, 5.41) is 39.1. The third-order valence-corrected chi connectivity index (χ3v) is 5.80. The Morgan fingerprint density at radius 3 is 2.21 bits per heavy atom. The average Bonchev–Trinajstić information content (AvgIpc) is 2.91. The van der Waals surface area contributed by atoms with Gasteiger partial charge in [-0.15, -0.1) is 0 Å². The van der Waals surface area contributed by atoms with Gasteiger partial charge in [0.25, 0.3) is 0 Å². The lowest BCUT2D eigenvalue weighted by Gasteiger charge is -2.48. The van der Waals surface area contributed by atoms with Gasteiger partial charge in [-0.2, -0.15) is 15.8 Å². The Balaban J connectivity index is 2.05. The van der Waals surface area contributed by atoms with E-state index in [9.17, 15) is 20.2 Å². The van der Waals surface area contributed by atoms with E-state index < -0.39 is 40.4 Å². The smallest absolute Gasteiger partial charge is 0.218 e. The Kier molecular flexibility index (Phi) is 3.94. The maximum Gasteiger partial charge on any atom is 0.218 e. The van der Waals surface area contributed by atoms with Crippen LogP contribution >= 0.6 is 0 Å². The lowest BCUT2D eigenvalue weighted by Crippen LogP contribution is -2.57. The SMILES string of the molecule is C[C@@]12OC(=N)[C@@](C#N)([C@@H]1c1ccccc1)C(C#N)(C#N)[C@@H](c1cccc(F)c1)O2. The summed E-state index contributed by atoms with van der Waals surface area (Å²) in [6, 6.07) is 20.1. The number of nitrogens with one attached hydrogen (secondary N) is 1. The quantitative estimate of drug-likeness (QED) is 0.839. The summed E-state index contributed by atoms with van der Waals surface area (Å²) in [7, 11) is 0. The molecule has 2 aliphatic heterocycles. The van der Waals surface area contributed by atoms with Crippen molar-refractivity contribution in [1.82, 2.24) is 0 Å². The van der Waals surface area contributed by atoms with Crippen LogP contribution in [0, 0.1) is 56.0 Å². The van der Waals surface area contributed by atoms with E-state index in [1.54, 1.807) is 37.3 Å². The zero-order valence-corrected chi connectivity index (χ0v) is 15.4. The normalized spacial score (nSPS) is 31.8. The molecule has 0 saturated carbocycles. The van der Waals surface area contributed by atoms with Gasteiger partial charge in [0.2, 0.25) is 17.1 Å². The predicted octanol–water partition coefficient (Wildman–Crippen LogP) is 3.95. The molecule has 0 radical (unpaired) electrons. The molecule has 2 aromatic carbocycles. The molecule has 0 amide bonds. The van der Waals surface area contributed by atoms with E-state index in [0.29, 0.717) is 5.56 Å². The second-order valence-corrected chi connectivity index (χ2v) is 7.30. The molecule has 2 heterocycles. The van der Waals surface area contributed by atoms with E-state index in [1.807, 2.05) is 12.1 Å². The number of hydrogen-bond acceptors (Lipinski definition) is 6. The van der Waals surface area contributed by atoms with Gasteiger partial charge >= 0.3 is 0 Å². The Labute approximate surface area is 166 Å². The Morgan fingerprint density at radius 2 is 1.62 bits per heavy atom. The van der Waals surface area contributed by atoms with Crippen LogP contribution in [0.15, 0.2) is 54.6 Å². The Morgan fingerprint density at radius 1 is 0.966 bits per heavy atom. The average molecular weight is 386 g/mol. The summed E-state index contributed by atoms with van der Waals surface area (Å²) in [5.74, 6) is -3.47. The molecule has 2 fully saturated rings. The van der Waals surface area contributed by atoms with Crippen LogP contribution in [-0.4, -0.2) is 11.7 Å². The van der Waals surface area contributed by atoms with Crippen molar-refractivity contribution in [3.05, 3.63) is 71.5 Å². The van der Waals surface area contributed by atoms with Crippen LogP contribution < -0.4 is 0 Å². The summed E-state index contributed by atoms with van der Waals surface area (Å²) in [5.41, 5.74) is -3.25. The molecular formula is C22H15FN4O2. The van der Waals surface area contributed by atoms with Crippen molar-refractivity contribution in [1.29, 1.82) is 21.2 Å². The fourth-order valence-corrected chi connectivity index (χ4v) is 4.60. The standard InChI is InChI=1S/C22H15FN4O2/c1-20-17(14-6-3-2-4-7-14)22(13-26,19(27)29-20)21(11-24,12-25)18(28-20)15-8-5-9-16(23)10-15/h2-10,17-18,27H,1H3/t17-,18-,20-,22-/m1/s1. The topological polar surface area (TPSA) is 114 Å². The first kappa shape index (κ1) is 18.6. The lowest BCUT2D eigenvalue weighted by atomic mass is 9.52. The zero-order chi connectivity index (χ0) is 20.9. The van der Waals surface area contributed by atoms with Crippen molar-refractivity contribution < 1.29 is 13.9 Å². The highest BCUT2D eigenvalue weighted by molar-refractivity contribution is 5.90. The molecule has 2 saturated heterocycles. The van der Waals surface area contributed by atoms with Crippen LogP contribution in [-0.2, 0) is 9.47 Å². The van der Waals surface area contributed by atoms with Gasteiger partial charge in [-0.3, -0.25) is 5.41 Å². The number of hydrogen-bond donors (Lipinski definition) is 1. The number of nitriles is 3. The minimum atomic E-state index is -2.14. The molecule has 7 heteroatoms. The highest BCUT2D eigenvalue weighted by Crippen LogP contribution is 2.69. The van der Waals surface area contributed by atoms with Gasteiger partial charge in [0.15, 0.2) is 5.41 Å². The van der Waals surface area contributed by atoms with Gasteiger partial charge in [0.1, 0.15) is 11.9 Å². The van der Waals surface area contributed by atoms with Crippen molar-refractivity contribution in [3.8, 4) is 18.2 Å². The highest BCUT2D eigenvalue weighted by Gasteiger charge is 2.79. The number of rotatable bonds is 2. The monoisotopic (exact) mass is 386 g/mol. The van der Waals surface area contributed by atoms with Gasteiger partial charge in [0.05, 0.1) is 24.1 Å². The first-order valence-corrected chi connectivity index (χ1v) is 8.88. The van der Waals surface area contributed by atoms with Crippen LogP contribution in [0.1, 0.15) is 30.1 Å². The second kappa shape index (κ2) is 6.14. The first-order valence-electron chi connectivity index (χ1n) is 8.88. The molecule has 2 aliphatic rings. The number of fused-ring (bicyclic) bond motifs is 2. The van der Waals surface area contributed by atoms with E-state index in [2.05, 4.69) is 6.07 Å². The molecule has 0 aromatic heterocycles. The van der Waals surface area contributed by atoms with E-state index in [0.717, 1.165) is 6.07 Å². The van der Waals surface area contributed by atoms with Crippen LogP contribution in [0.25, 0.3) is 0 Å². The summed E-state index contributed by atoms with van der Waals surface area (Å²) < 4.78 is 25.8. The molecule has 4 rings (SSSR count). The predicted molar refractivity (Wildman–Crippen MR) is 98.3 cm³/mol. The maximum absolute atomic E-state index is 13.9. The molecule has 0 aliphatic carbocycles. The molecule has 2 bridgehead atoms. The zero-order valence-electron chi connectivity index (χ0n) is 15.4. The Bertz CT molecular complexity index is 1120. The van der Waals surface area contributed by atoms with Gasteiger partial charge in [-0.1, -0.05) is 42.5 Å². The summed E-state index contributed by atoms with van der Waals surface area (Å²) >= 11 is 0. The van der Waals surface area contributed by atoms with Crippen molar-refractivity contribution in [2.24, 2.45) is 10.8 Å². The highest BCUT2D eigenvalue weighted by atomic mass is 19.1. The summed E-state index contributed by atoms with van der Waals surface area (Å²) in [6.45, 7) is 1.57. The number of halogens is 1. The van der Waals surface area contributed by atoms with Gasteiger partial charge in [0, 0.05) is 6.92 Å². The van der Waals surface area contributed by atoms with Gasteiger partial charge in [-0.05, 0) is 23.3 Å². The summed E-state index contributed by atoms with van der Waals surface area (Å²) in [6.07, 6.45) is -1.29. The maximum atomic E-state index is 13.9. The second-order valence-electron chi connectivity index (χ2n) is 7.30. The number of benzene rings is 2. The van der Waals surface area contributed by atoms with Crippen LogP contribution in [0.3, 0.4) is 0 Å². The largest absolute Gasteiger partial charge is 0.447 e. The third-order valence-electron chi connectivity index (χ3n) is 5.80.